The molecule has 1 aliphatic heterocycles. The van der Waals surface area contributed by atoms with E-state index in [-0.39, 0.29) is 18.8 Å². The molecule has 0 spiro atoms. The fourth-order valence-corrected chi connectivity index (χ4v) is 2.48. The summed E-state index contributed by atoms with van der Waals surface area (Å²) in [6.45, 7) is 5.25. The summed E-state index contributed by atoms with van der Waals surface area (Å²) >= 11 is 5.98. The van der Waals surface area contributed by atoms with Crippen molar-refractivity contribution in [2.75, 3.05) is 5.32 Å². The van der Waals surface area contributed by atoms with Crippen LogP contribution in [0.3, 0.4) is 0 Å². The topological polar surface area (TPSA) is 81.7 Å². The maximum Gasteiger partial charge on any atom is 0.412 e. The van der Waals surface area contributed by atoms with Gasteiger partial charge in [0.1, 0.15) is 5.60 Å². The van der Waals surface area contributed by atoms with Crippen LogP contribution in [0, 0.1) is 0 Å². The molecular weight excluding hydrogens is 322 g/mol. The number of cyclic esters (lactones) is 2. The molecule has 7 heteroatoms. The van der Waals surface area contributed by atoms with Gasteiger partial charge in [0.15, 0.2) is 0 Å². The number of esters is 2. The number of carbonyl (C=O) groups excluding carboxylic acids is 3. The van der Waals surface area contributed by atoms with Crippen molar-refractivity contribution >= 4 is 35.3 Å². The number of hydrogen-bond donors (Lipinski definition) is 1. The first-order valence-corrected chi connectivity index (χ1v) is 7.55. The lowest BCUT2D eigenvalue weighted by Crippen LogP contribution is -2.28. The molecule has 1 N–H and O–H groups in total. The van der Waals surface area contributed by atoms with Gasteiger partial charge in [0.05, 0.1) is 12.8 Å². The predicted molar refractivity (Wildman–Crippen MR) is 84.4 cm³/mol. The van der Waals surface area contributed by atoms with Gasteiger partial charge >= 0.3 is 18.0 Å². The fourth-order valence-electron chi connectivity index (χ4n) is 2.31. The molecule has 0 atom stereocenters. The normalized spacial score (nSPS) is 16.0. The molecule has 0 aromatic heterocycles. The molecule has 0 radical (unpaired) electrons. The number of carbonyl (C=O) groups is 3. The molecule has 1 heterocycles. The van der Waals surface area contributed by atoms with E-state index < -0.39 is 23.6 Å². The van der Waals surface area contributed by atoms with Crippen LogP contribution in [0.4, 0.5) is 10.5 Å². The van der Waals surface area contributed by atoms with Crippen LogP contribution in [0.25, 0.3) is 0 Å². The van der Waals surface area contributed by atoms with Crippen molar-refractivity contribution in [1.82, 2.24) is 0 Å². The number of nitrogens with one attached hydrogen (secondary N) is 1. The molecular formula is C16H18ClNO5. The van der Waals surface area contributed by atoms with Crippen LogP contribution in [0.15, 0.2) is 18.2 Å². The Morgan fingerprint density at radius 2 is 1.87 bits per heavy atom. The first-order valence-electron chi connectivity index (χ1n) is 7.17. The molecule has 0 unspecified atom stereocenters. The van der Waals surface area contributed by atoms with E-state index in [0.29, 0.717) is 16.3 Å². The molecule has 1 aromatic rings. The monoisotopic (exact) mass is 339 g/mol. The summed E-state index contributed by atoms with van der Waals surface area (Å²) in [4.78, 5) is 34.9. The van der Waals surface area contributed by atoms with E-state index in [1.807, 2.05) is 0 Å². The summed E-state index contributed by atoms with van der Waals surface area (Å²) in [7, 11) is 0. The van der Waals surface area contributed by atoms with Crippen LogP contribution >= 0.6 is 11.6 Å². The Hall–Kier alpha value is -2.08. The van der Waals surface area contributed by atoms with E-state index in [1.54, 1.807) is 39.0 Å². The van der Waals surface area contributed by atoms with Gasteiger partial charge in [-0.15, -0.1) is 0 Å². The largest absolute Gasteiger partial charge is 0.444 e. The molecule has 1 saturated heterocycles. The third-order valence-corrected chi connectivity index (χ3v) is 3.38. The summed E-state index contributed by atoms with van der Waals surface area (Å²) in [6, 6.07) is 4.89. The van der Waals surface area contributed by atoms with Gasteiger partial charge in [-0.1, -0.05) is 17.7 Å². The van der Waals surface area contributed by atoms with Gasteiger partial charge in [-0.2, -0.15) is 0 Å². The van der Waals surface area contributed by atoms with Gasteiger partial charge in [-0.25, -0.2) is 4.79 Å². The average molecular weight is 340 g/mol. The number of anilines is 1. The number of ether oxygens (including phenoxy) is 2. The van der Waals surface area contributed by atoms with Crippen LogP contribution in [0.1, 0.15) is 45.1 Å². The van der Waals surface area contributed by atoms with Crippen LogP contribution in [-0.2, 0) is 19.1 Å². The minimum Gasteiger partial charge on any atom is -0.444 e. The number of amides is 1. The van der Waals surface area contributed by atoms with Crippen molar-refractivity contribution in [3.8, 4) is 0 Å². The molecule has 0 saturated carbocycles. The number of rotatable bonds is 2. The van der Waals surface area contributed by atoms with Crippen LogP contribution in [0.5, 0.6) is 0 Å². The number of halogens is 1. The van der Waals surface area contributed by atoms with Gasteiger partial charge in [0.2, 0.25) is 0 Å². The molecule has 124 valence electrons. The summed E-state index contributed by atoms with van der Waals surface area (Å²) in [6.07, 6.45) is -0.502. The van der Waals surface area contributed by atoms with E-state index in [1.165, 1.54) is 0 Å². The molecule has 1 aliphatic rings. The Bertz CT molecular complexity index is 634. The van der Waals surface area contributed by atoms with Crippen LogP contribution in [-0.4, -0.2) is 23.6 Å². The smallest absolute Gasteiger partial charge is 0.412 e. The first-order chi connectivity index (χ1) is 10.6. The first kappa shape index (κ1) is 17.3. The predicted octanol–water partition coefficient (Wildman–Crippen LogP) is 3.63. The average Bonchev–Trinajstić information content (AvgIpc) is 2.34. The number of benzene rings is 1. The van der Waals surface area contributed by atoms with E-state index >= 15 is 0 Å². The van der Waals surface area contributed by atoms with Crippen LogP contribution in [0.2, 0.25) is 5.02 Å². The van der Waals surface area contributed by atoms with Gasteiger partial charge in [-0.3, -0.25) is 14.9 Å². The van der Waals surface area contributed by atoms with E-state index in [4.69, 9.17) is 16.3 Å². The quantitative estimate of drug-likeness (QED) is 0.657. The molecule has 2 rings (SSSR count). The zero-order valence-corrected chi connectivity index (χ0v) is 13.9. The summed E-state index contributed by atoms with van der Waals surface area (Å²) < 4.78 is 9.75. The van der Waals surface area contributed by atoms with E-state index in [0.717, 1.165) is 0 Å². The Morgan fingerprint density at radius 1 is 1.26 bits per heavy atom. The number of hydrogen-bond acceptors (Lipinski definition) is 5. The van der Waals surface area contributed by atoms with E-state index in [2.05, 4.69) is 10.1 Å². The van der Waals surface area contributed by atoms with Crippen molar-refractivity contribution in [3.05, 3.63) is 28.8 Å². The molecule has 1 aromatic carbocycles. The standard InChI is InChI=1S/C16H18ClNO5/c1-16(2,3)23-15(21)18-12-8-10(17)4-5-11(12)9-6-13(19)22-14(20)7-9/h4-5,8-9H,6-7H2,1-3H3,(H,18,21). The highest BCUT2D eigenvalue weighted by atomic mass is 35.5. The minimum atomic E-state index is -0.645. The molecule has 1 amide bonds. The van der Waals surface area contributed by atoms with Gasteiger partial charge in [0, 0.05) is 16.6 Å². The third-order valence-electron chi connectivity index (χ3n) is 3.14. The molecule has 0 aliphatic carbocycles. The Kier molecular flexibility index (Phi) is 4.94. The van der Waals surface area contributed by atoms with E-state index in [9.17, 15) is 14.4 Å². The second-order valence-electron chi connectivity index (χ2n) is 6.31. The maximum absolute atomic E-state index is 12.0. The van der Waals surface area contributed by atoms with Crippen molar-refractivity contribution < 1.29 is 23.9 Å². The summed E-state index contributed by atoms with van der Waals surface area (Å²) in [5.74, 6) is -1.53. The fraction of sp³-hybridized carbons (Fsp3) is 0.438. The SMILES string of the molecule is CC(C)(C)OC(=O)Nc1cc(Cl)ccc1C1CC(=O)OC(=O)C1. The molecule has 1 fully saturated rings. The highest BCUT2D eigenvalue weighted by Crippen LogP contribution is 2.35. The molecule has 0 bridgehead atoms. The second-order valence-corrected chi connectivity index (χ2v) is 6.75. The van der Waals surface area contributed by atoms with Crippen LogP contribution < -0.4 is 5.32 Å². The van der Waals surface area contributed by atoms with Crippen molar-refractivity contribution in [2.45, 2.75) is 45.1 Å². The zero-order valence-electron chi connectivity index (χ0n) is 13.1. The van der Waals surface area contributed by atoms with Crippen molar-refractivity contribution in [3.63, 3.8) is 0 Å². The van der Waals surface area contributed by atoms with Gasteiger partial charge in [0.25, 0.3) is 0 Å². The minimum absolute atomic E-state index is 0.0658. The van der Waals surface area contributed by atoms with Gasteiger partial charge in [-0.05, 0) is 38.5 Å². The summed E-state index contributed by atoms with van der Waals surface area (Å²) in [5, 5.41) is 3.05. The highest BCUT2D eigenvalue weighted by Gasteiger charge is 2.30. The Labute approximate surface area is 139 Å². The van der Waals surface area contributed by atoms with Crippen molar-refractivity contribution in [2.24, 2.45) is 0 Å². The third kappa shape index (κ3) is 4.96. The zero-order chi connectivity index (χ0) is 17.2. The molecule has 23 heavy (non-hydrogen) atoms. The van der Waals surface area contributed by atoms with Crippen molar-refractivity contribution in [1.29, 1.82) is 0 Å². The highest BCUT2D eigenvalue weighted by molar-refractivity contribution is 6.31. The lowest BCUT2D eigenvalue weighted by molar-refractivity contribution is -0.163. The molecule has 6 nitrogen and oxygen atoms in total. The Morgan fingerprint density at radius 3 is 2.43 bits per heavy atom. The summed E-state index contributed by atoms with van der Waals surface area (Å²) in [5.41, 5.74) is 0.414. The lowest BCUT2D eigenvalue weighted by Gasteiger charge is -2.24. The Balaban J connectivity index is 2.25. The van der Waals surface area contributed by atoms with Gasteiger partial charge < -0.3 is 9.47 Å². The maximum atomic E-state index is 12.0. The lowest BCUT2D eigenvalue weighted by atomic mass is 9.90. The second kappa shape index (κ2) is 6.58.